The Morgan fingerprint density at radius 1 is 1.15 bits per heavy atom. The number of rotatable bonds is 6. The van der Waals surface area contributed by atoms with Gasteiger partial charge in [0.15, 0.2) is 4.80 Å². The number of aromatic nitrogens is 1. The molecule has 33 heavy (non-hydrogen) atoms. The molecule has 1 aliphatic rings. The summed E-state index contributed by atoms with van der Waals surface area (Å²) in [6.45, 7) is 5.43. The van der Waals surface area contributed by atoms with E-state index in [1.54, 1.807) is 16.4 Å². The first-order valence-corrected chi connectivity index (χ1v) is 14.4. The second-order valence-electron chi connectivity index (χ2n) is 8.26. The van der Waals surface area contributed by atoms with Gasteiger partial charge in [-0.05, 0) is 68.1 Å². The number of piperidine rings is 1. The van der Waals surface area contributed by atoms with E-state index in [1.807, 2.05) is 25.1 Å². The van der Waals surface area contributed by atoms with Crippen molar-refractivity contribution in [1.82, 2.24) is 8.87 Å². The zero-order valence-corrected chi connectivity index (χ0v) is 22.0. The minimum Gasteiger partial charge on any atom is -0.316 e. The van der Waals surface area contributed by atoms with Gasteiger partial charge in [0.1, 0.15) is 0 Å². The van der Waals surface area contributed by atoms with Crippen LogP contribution in [-0.2, 0) is 16.6 Å². The van der Waals surface area contributed by atoms with E-state index in [4.69, 9.17) is 0 Å². The number of thiazole rings is 1. The molecule has 4 rings (SSSR count). The summed E-state index contributed by atoms with van der Waals surface area (Å²) in [5, 5.41) is 0. The van der Waals surface area contributed by atoms with Gasteiger partial charge in [0.05, 0.1) is 15.1 Å². The fourth-order valence-corrected chi connectivity index (χ4v) is 7.70. The van der Waals surface area contributed by atoms with Crippen molar-refractivity contribution in [2.45, 2.75) is 63.4 Å². The number of carbonyl (C=O) groups excluding carboxylic acids is 1. The molecule has 1 amide bonds. The van der Waals surface area contributed by atoms with Gasteiger partial charge >= 0.3 is 0 Å². The van der Waals surface area contributed by atoms with Crippen molar-refractivity contribution in [3.63, 3.8) is 0 Å². The maximum Gasteiger partial charge on any atom is 0.279 e. The molecule has 6 nitrogen and oxygen atoms in total. The number of nitrogens with zero attached hydrogens (tertiary/aromatic N) is 3. The molecule has 9 heteroatoms. The molecule has 0 saturated carbocycles. The van der Waals surface area contributed by atoms with Crippen LogP contribution in [-0.4, -0.2) is 35.8 Å². The minimum absolute atomic E-state index is 0.0436. The molecule has 0 aliphatic carbocycles. The van der Waals surface area contributed by atoms with E-state index in [1.165, 1.54) is 23.5 Å². The van der Waals surface area contributed by atoms with Crippen molar-refractivity contribution >= 4 is 53.4 Å². The fourth-order valence-electron chi connectivity index (χ4n) is 4.33. The average molecular weight is 551 g/mol. The molecule has 0 bridgehead atoms. The second kappa shape index (κ2) is 10.2. The Hall–Kier alpha value is -1.81. The van der Waals surface area contributed by atoms with E-state index in [0.29, 0.717) is 16.9 Å². The molecule has 1 saturated heterocycles. The molecular weight excluding hydrogens is 522 g/mol. The zero-order valence-electron chi connectivity index (χ0n) is 18.8. The number of aryl methyl sites for hydroxylation is 1. The van der Waals surface area contributed by atoms with Gasteiger partial charge in [0.2, 0.25) is 10.0 Å². The lowest BCUT2D eigenvalue weighted by Crippen LogP contribution is -2.43. The highest BCUT2D eigenvalue weighted by atomic mass is 79.9. The van der Waals surface area contributed by atoms with E-state index in [2.05, 4.69) is 32.4 Å². The summed E-state index contributed by atoms with van der Waals surface area (Å²) in [7, 11) is -3.58. The lowest BCUT2D eigenvalue weighted by molar-refractivity contribution is 0.0997. The number of amides is 1. The molecule has 176 valence electrons. The molecule has 2 aromatic carbocycles. The van der Waals surface area contributed by atoms with E-state index in [0.717, 1.165) is 53.3 Å². The summed E-state index contributed by atoms with van der Waals surface area (Å²) >= 11 is 4.97. The molecule has 1 atom stereocenters. The lowest BCUT2D eigenvalue weighted by Gasteiger charge is -2.34. The van der Waals surface area contributed by atoms with Crippen LogP contribution in [0, 0.1) is 0 Å². The molecule has 1 aromatic heterocycles. The van der Waals surface area contributed by atoms with Gasteiger partial charge < -0.3 is 4.57 Å². The SMILES string of the molecule is CCCn1c(=NC(=O)c2ccc(S(=O)(=O)N3CCCCC3CC)cc2)sc2cc(Br)ccc21. The van der Waals surface area contributed by atoms with E-state index in [-0.39, 0.29) is 16.8 Å². The number of hydrogen-bond acceptors (Lipinski definition) is 4. The van der Waals surface area contributed by atoms with Crippen molar-refractivity contribution in [3.05, 3.63) is 57.3 Å². The number of carbonyl (C=O) groups is 1. The Morgan fingerprint density at radius 3 is 2.61 bits per heavy atom. The topological polar surface area (TPSA) is 71.7 Å². The standard InChI is InChI=1S/C24H28BrN3O3S2/c1-3-14-27-21-13-10-18(25)16-22(21)32-24(27)26-23(29)17-8-11-20(12-9-17)33(30,31)28-15-6-5-7-19(28)4-2/h8-13,16,19H,3-7,14-15H2,1-2H3. The molecular formula is C24H28BrN3O3S2. The number of hydrogen-bond donors (Lipinski definition) is 0. The van der Waals surface area contributed by atoms with Gasteiger partial charge in [0, 0.05) is 29.2 Å². The maximum atomic E-state index is 13.2. The van der Waals surface area contributed by atoms with Crippen molar-refractivity contribution in [1.29, 1.82) is 0 Å². The first-order chi connectivity index (χ1) is 15.8. The number of halogens is 1. The Bertz CT molecular complexity index is 1330. The van der Waals surface area contributed by atoms with Gasteiger partial charge in [-0.1, -0.05) is 47.5 Å². The largest absolute Gasteiger partial charge is 0.316 e. The van der Waals surface area contributed by atoms with E-state index in [9.17, 15) is 13.2 Å². The smallest absolute Gasteiger partial charge is 0.279 e. The highest BCUT2D eigenvalue weighted by Gasteiger charge is 2.32. The quantitative estimate of drug-likeness (QED) is 0.403. The van der Waals surface area contributed by atoms with Gasteiger partial charge in [-0.15, -0.1) is 0 Å². The van der Waals surface area contributed by atoms with Gasteiger partial charge in [-0.2, -0.15) is 9.30 Å². The number of sulfonamides is 1. The average Bonchev–Trinajstić information content (AvgIpc) is 3.15. The lowest BCUT2D eigenvalue weighted by atomic mass is 10.0. The third kappa shape index (κ3) is 5.01. The third-order valence-electron chi connectivity index (χ3n) is 6.04. The highest BCUT2D eigenvalue weighted by Crippen LogP contribution is 2.27. The molecule has 0 spiro atoms. The van der Waals surface area contributed by atoms with Gasteiger partial charge in [-0.3, -0.25) is 4.79 Å². The molecule has 3 aromatic rings. The van der Waals surface area contributed by atoms with Crippen LogP contribution in [0.1, 0.15) is 56.3 Å². The summed E-state index contributed by atoms with van der Waals surface area (Å²) in [6, 6.07) is 12.3. The molecule has 1 unspecified atom stereocenters. The van der Waals surface area contributed by atoms with Gasteiger partial charge in [0.25, 0.3) is 5.91 Å². The van der Waals surface area contributed by atoms with Crippen LogP contribution in [0.3, 0.4) is 0 Å². The van der Waals surface area contributed by atoms with Crippen LogP contribution in [0.15, 0.2) is 56.8 Å². The first kappa shape index (κ1) is 24.3. The van der Waals surface area contributed by atoms with Crippen LogP contribution in [0.25, 0.3) is 10.2 Å². The third-order valence-corrected chi connectivity index (χ3v) is 9.54. The van der Waals surface area contributed by atoms with Crippen LogP contribution in [0.4, 0.5) is 0 Å². The molecule has 2 heterocycles. The van der Waals surface area contributed by atoms with Crippen molar-refractivity contribution in [2.75, 3.05) is 6.54 Å². The van der Waals surface area contributed by atoms with Gasteiger partial charge in [-0.25, -0.2) is 8.42 Å². The fraction of sp³-hybridized carbons (Fsp3) is 0.417. The van der Waals surface area contributed by atoms with Crippen LogP contribution in [0.2, 0.25) is 0 Å². The van der Waals surface area contributed by atoms with Crippen molar-refractivity contribution in [2.24, 2.45) is 4.99 Å². The van der Waals surface area contributed by atoms with Crippen LogP contribution in [0.5, 0.6) is 0 Å². The zero-order chi connectivity index (χ0) is 23.6. The first-order valence-electron chi connectivity index (χ1n) is 11.3. The maximum absolute atomic E-state index is 13.2. The normalized spacial score (nSPS) is 18.2. The number of benzene rings is 2. The monoisotopic (exact) mass is 549 g/mol. The molecule has 0 radical (unpaired) electrons. The van der Waals surface area contributed by atoms with E-state index >= 15 is 0 Å². The Labute approximate surface area is 207 Å². The summed E-state index contributed by atoms with van der Waals surface area (Å²) in [5.41, 5.74) is 1.42. The Morgan fingerprint density at radius 2 is 1.91 bits per heavy atom. The van der Waals surface area contributed by atoms with Crippen LogP contribution < -0.4 is 4.80 Å². The second-order valence-corrected chi connectivity index (χ2v) is 12.1. The predicted molar refractivity (Wildman–Crippen MR) is 136 cm³/mol. The van der Waals surface area contributed by atoms with E-state index < -0.39 is 10.0 Å². The van der Waals surface area contributed by atoms with Crippen molar-refractivity contribution in [3.8, 4) is 0 Å². The summed E-state index contributed by atoms with van der Waals surface area (Å²) in [6.07, 6.45) is 4.57. The minimum atomic E-state index is -3.58. The molecule has 0 N–H and O–H groups in total. The summed E-state index contributed by atoms with van der Waals surface area (Å²) in [4.78, 5) is 18.2. The summed E-state index contributed by atoms with van der Waals surface area (Å²) in [5.74, 6) is -0.376. The predicted octanol–water partition coefficient (Wildman–Crippen LogP) is 5.57. The Kier molecular flexibility index (Phi) is 7.53. The molecule has 1 fully saturated rings. The van der Waals surface area contributed by atoms with Crippen molar-refractivity contribution < 1.29 is 13.2 Å². The highest BCUT2D eigenvalue weighted by molar-refractivity contribution is 9.10. The summed E-state index contributed by atoms with van der Waals surface area (Å²) < 4.78 is 32.1. The number of fused-ring (bicyclic) bond motifs is 1. The molecule has 1 aliphatic heterocycles. The van der Waals surface area contributed by atoms with Crippen LogP contribution >= 0.6 is 27.3 Å². The Balaban J connectivity index is 1.64.